The van der Waals surface area contributed by atoms with Crippen molar-refractivity contribution in [2.45, 2.75) is 52.1 Å². The second kappa shape index (κ2) is 5.71. The summed E-state index contributed by atoms with van der Waals surface area (Å²) in [5.74, 6) is 0.612. The van der Waals surface area contributed by atoms with Crippen molar-refractivity contribution in [1.29, 1.82) is 0 Å². The Bertz CT molecular complexity index is 409. The van der Waals surface area contributed by atoms with Crippen molar-refractivity contribution in [3.8, 4) is 0 Å². The summed E-state index contributed by atoms with van der Waals surface area (Å²) < 4.78 is 0. The minimum Gasteiger partial charge on any atom is -0.299 e. The van der Waals surface area contributed by atoms with E-state index in [4.69, 9.17) is 0 Å². The first-order valence-electron chi connectivity index (χ1n) is 7.12. The molecular formula is C17H25N. The van der Waals surface area contributed by atoms with Crippen LogP contribution in [0.1, 0.15) is 51.2 Å². The third-order valence-electron chi connectivity index (χ3n) is 3.93. The molecule has 0 radical (unpaired) electrons. The normalized spacial score (nSPS) is 18.1. The molecule has 1 unspecified atom stereocenters. The second-order valence-corrected chi connectivity index (χ2v) is 5.81. The highest BCUT2D eigenvalue weighted by Gasteiger charge is 2.19. The molecular weight excluding hydrogens is 218 g/mol. The second-order valence-electron chi connectivity index (χ2n) is 5.81. The van der Waals surface area contributed by atoms with Crippen molar-refractivity contribution in [3.05, 3.63) is 41.5 Å². The van der Waals surface area contributed by atoms with Crippen LogP contribution < -0.4 is 0 Å². The predicted molar refractivity (Wildman–Crippen MR) is 79.8 cm³/mol. The maximum absolute atomic E-state index is 2.58. The molecule has 0 bridgehead atoms. The molecule has 0 heterocycles. The van der Waals surface area contributed by atoms with E-state index in [1.165, 1.54) is 24.1 Å². The average molecular weight is 243 g/mol. The monoisotopic (exact) mass is 243 g/mol. The Hall–Kier alpha value is -1.08. The molecule has 1 aromatic rings. The molecule has 1 aliphatic rings. The molecule has 1 heteroatoms. The van der Waals surface area contributed by atoms with Crippen LogP contribution in [0.15, 0.2) is 30.3 Å². The van der Waals surface area contributed by atoms with E-state index in [0.29, 0.717) is 18.0 Å². The van der Waals surface area contributed by atoms with Crippen LogP contribution in [0.25, 0.3) is 6.08 Å². The van der Waals surface area contributed by atoms with Crippen LogP contribution >= 0.6 is 0 Å². The van der Waals surface area contributed by atoms with Crippen molar-refractivity contribution >= 4 is 6.08 Å². The molecule has 0 aromatic heterocycles. The Morgan fingerprint density at radius 2 is 1.72 bits per heavy atom. The molecule has 18 heavy (non-hydrogen) atoms. The number of hydrogen-bond acceptors (Lipinski definition) is 1. The SMILES string of the molecule is CC(C)N(CCC1C=Cc2ccccc21)C(C)C. The summed E-state index contributed by atoms with van der Waals surface area (Å²) in [7, 11) is 0. The lowest BCUT2D eigenvalue weighted by molar-refractivity contribution is 0.171. The summed E-state index contributed by atoms with van der Waals surface area (Å²) in [6, 6.07) is 10.0. The van der Waals surface area contributed by atoms with E-state index in [1.807, 2.05) is 0 Å². The average Bonchev–Trinajstić information content (AvgIpc) is 2.72. The topological polar surface area (TPSA) is 3.24 Å². The van der Waals surface area contributed by atoms with Crippen molar-refractivity contribution in [3.63, 3.8) is 0 Å². The number of fused-ring (bicyclic) bond motifs is 1. The lowest BCUT2D eigenvalue weighted by Crippen LogP contribution is -2.38. The Balaban J connectivity index is 1.98. The summed E-state index contributed by atoms with van der Waals surface area (Å²) in [6.45, 7) is 10.3. The van der Waals surface area contributed by atoms with Gasteiger partial charge >= 0.3 is 0 Å². The zero-order valence-electron chi connectivity index (χ0n) is 12.1. The third-order valence-corrected chi connectivity index (χ3v) is 3.93. The van der Waals surface area contributed by atoms with E-state index in [-0.39, 0.29) is 0 Å². The highest BCUT2D eigenvalue weighted by molar-refractivity contribution is 5.62. The fraction of sp³-hybridized carbons (Fsp3) is 0.529. The van der Waals surface area contributed by atoms with E-state index in [1.54, 1.807) is 0 Å². The van der Waals surface area contributed by atoms with Crippen molar-refractivity contribution in [2.75, 3.05) is 6.54 Å². The van der Waals surface area contributed by atoms with Crippen LogP contribution in [0, 0.1) is 0 Å². The third kappa shape index (κ3) is 2.84. The van der Waals surface area contributed by atoms with E-state index in [9.17, 15) is 0 Å². The Kier molecular flexibility index (Phi) is 4.23. The lowest BCUT2D eigenvalue weighted by Gasteiger charge is -2.31. The molecule has 0 spiro atoms. The minimum absolute atomic E-state index is 0.612. The molecule has 98 valence electrons. The number of allylic oxidation sites excluding steroid dienone is 1. The summed E-state index contributed by atoms with van der Waals surface area (Å²) in [4.78, 5) is 2.58. The molecule has 0 aliphatic heterocycles. The zero-order chi connectivity index (χ0) is 13.1. The molecule has 1 aliphatic carbocycles. The molecule has 0 fully saturated rings. The summed E-state index contributed by atoms with van der Waals surface area (Å²) in [5, 5.41) is 0. The van der Waals surface area contributed by atoms with Gasteiger partial charge in [0.1, 0.15) is 0 Å². The zero-order valence-corrected chi connectivity index (χ0v) is 12.1. The van der Waals surface area contributed by atoms with Gasteiger partial charge in [0.2, 0.25) is 0 Å². The summed E-state index contributed by atoms with van der Waals surface area (Å²) in [6.07, 6.45) is 5.86. The van der Waals surface area contributed by atoms with Gasteiger partial charge in [-0.05, 0) is 51.8 Å². The highest BCUT2D eigenvalue weighted by Crippen LogP contribution is 2.32. The van der Waals surface area contributed by atoms with E-state index >= 15 is 0 Å². The maximum atomic E-state index is 2.58. The van der Waals surface area contributed by atoms with Gasteiger partial charge in [-0.15, -0.1) is 0 Å². The number of hydrogen-bond donors (Lipinski definition) is 0. The Morgan fingerprint density at radius 3 is 2.39 bits per heavy atom. The van der Waals surface area contributed by atoms with Crippen LogP contribution in [0.4, 0.5) is 0 Å². The molecule has 1 aromatic carbocycles. The standard InChI is InChI=1S/C17H25N/c1-13(2)18(14(3)4)12-11-16-10-9-15-7-5-6-8-17(15)16/h5-10,13-14,16H,11-12H2,1-4H3. The molecule has 2 rings (SSSR count). The van der Waals surface area contributed by atoms with Crippen LogP contribution in [0.5, 0.6) is 0 Å². The number of rotatable bonds is 5. The van der Waals surface area contributed by atoms with Crippen LogP contribution in [-0.2, 0) is 0 Å². The van der Waals surface area contributed by atoms with Gasteiger partial charge in [-0.3, -0.25) is 4.90 Å². The molecule has 0 N–H and O–H groups in total. The van der Waals surface area contributed by atoms with Crippen LogP contribution in [-0.4, -0.2) is 23.5 Å². The number of nitrogens with zero attached hydrogens (tertiary/aromatic N) is 1. The van der Waals surface area contributed by atoms with Gasteiger partial charge in [0.05, 0.1) is 0 Å². The first-order chi connectivity index (χ1) is 8.59. The largest absolute Gasteiger partial charge is 0.299 e. The van der Waals surface area contributed by atoms with E-state index in [0.717, 1.165) is 0 Å². The fourth-order valence-corrected chi connectivity index (χ4v) is 2.98. The molecule has 0 saturated heterocycles. The maximum Gasteiger partial charge on any atom is 0.00412 e. The van der Waals surface area contributed by atoms with Gasteiger partial charge < -0.3 is 0 Å². The van der Waals surface area contributed by atoms with Crippen molar-refractivity contribution in [1.82, 2.24) is 4.90 Å². The van der Waals surface area contributed by atoms with Gasteiger partial charge in [-0.2, -0.15) is 0 Å². The predicted octanol–water partition coefficient (Wildman–Crippen LogP) is 4.31. The van der Waals surface area contributed by atoms with Gasteiger partial charge in [-0.25, -0.2) is 0 Å². The summed E-state index contributed by atoms with van der Waals surface area (Å²) >= 11 is 0. The highest BCUT2D eigenvalue weighted by atomic mass is 15.2. The first-order valence-corrected chi connectivity index (χ1v) is 7.12. The van der Waals surface area contributed by atoms with Gasteiger partial charge in [0.25, 0.3) is 0 Å². The number of benzene rings is 1. The van der Waals surface area contributed by atoms with Gasteiger partial charge in [-0.1, -0.05) is 36.4 Å². The smallest absolute Gasteiger partial charge is 0.00412 e. The Labute approximate surface area is 112 Å². The van der Waals surface area contributed by atoms with E-state index in [2.05, 4.69) is 69.0 Å². The van der Waals surface area contributed by atoms with Crippen LogP contribution in [0.2, 0.25) is 0 Å². The molecule has 1 atom stereocenters. The minimum atomic E-state index is 0.612. The molecule has 0 amide bonds. The first kappa shape index (κ1) is 13.4. The van der Waals surface area contributed by atoms with E-state index < -0.39 is 0 Å². The Morgan fingerprint density at radius 1 is 1.06 bits per heavy atom. The van der Waals surface area contributed by atoms with Gasteiger partial charge in [0.15, 0.2) is 0 Å². The quantitative estimate of drug-likeness (QED) is 0.745. The molecule has 1 nitrogen and oxygen atoms in total. The van der Waals surface area contributed by atoms with Crippen molar-refractivity contribution < 1.29 is 0 Å². The lowest BCUT2D eigenvalue weighted by atomic mass is 9.97. The summed E-state index contributed by atoms with van der Waals surface area (Å²) in [5.41, 5.74) is 2.91. The molecule has 0 saturated carbocycles. The van der Waals surface area contributed by atoms with Gasteiger partial charge in [0, 0.05) is 18.0 Å². The fourth-order valence-electron chi connectivity index (χ4n) is 2.98. The van der Waals surface area contributed by atoms with Crippen LogP contribution in [0.3, 0.4) is 0 Å². The van der Waals surface area contributed by atoms with Crippen molar-refractivity contribution in [2.24, 2.45) is 0 Å².